The zero-order valence-corrected chi connectivity index (χ0v) is 10.7. The van der Waals surface area contributed by atoms with Crippen molar-refractivity contribution < 1.29 is 38.9 Å². The van der Waals surface area contributed by atoms with Crippen molar-refractivity contribution >= 4 is 12.6 Å². The normalized spacial score (nSPS) is 7.19. The second-order valence-electron chi connectivity index (χ2n) is 2.71. The third-order valence-corrected chi connectivity index (χ3v) is 1.61. The molecular formula is C13H21FO7. The number of halogens is 1. The summed E-state index contributed by atoms with van der Waals surface area (Å²) in [6.07, 6.45) is 2.73. The molecule has 2 aromatic heterocycles. The molecule has 0 fully saturated rings. The van der Waals surface area contributed by atoms with Crippen LogP contribution in [0.4, 0.5) is 4.39 Å². The Balaban J connectivity index is -0.000000111. The van der Waals surface area contributed by atoms with Gasteiger partial charge >= 0.3 is 0 Å². The molecular weight excluding hydrogens is 287 g/mol. The Hall–Kier alpha value is -2.29. The summed E-state index contributed by atoms with van der Waals surface area (Å²) in [5.74, 6) is 1.04. The summed E-state index contributed by atoms with van der Waals surface area (Å²) >= 11 is 0. The molecule has 0 aromatic carbocycles. The number of aliphatic hydroxyl groups is 1. The number of hydrogen-bond donors (Lipinski definition) is 1. The van der Waals surface area contributed by atoms with Crippen LogP contribution in [0, 0.1) is 0 Å². The standard InChI is InChI=1S/C6H6O3.C5H4O2.CH3F.CH4.2H2O/c7-3-5-1-2-6(4-8)9-5;6-4-5-2-1-3-7-5;1-2;;;/h1-3,8H,4H2;1-4H;1H3;1H4;2*1H2. The predicted molar refractivity (Wildman–Crippen MR) is 75.1 cm³/mol. The summed E-state index contributed by atoms with van der Waals surface area (Å²) < 4.78 is 18.9. The van der Waals surface area contributed by atoms with Crippen molar-refractivity contribution in [1.82, 2.24) is 0 Å². The highest BCUT2D eigenvalue weighted by Crippen LogP contribution is 2.03. The molecule has 0 saturated heterocycles. The van der Waals surface area contributed by atoms with E-state index in [4.69, 9.17) is 9.52 Å². The Labute approximate surface area is 121 Å². The molecule has 0 aliphatic rings. The van der Waals surface area contributed by atoms with E-state index in [1.165, 1.54) is 12.3 Å². The van der Waals surface area contributed by atoms with Crippen molar-refractivity contribution in [3.05, 3.63) is 47.8 Å². The number of alkyl halides is 1. The van der Waals surface area contributed by atoms with Gasteiger partial charge in [-0.15, -0.1) is 0 Å². The lowest BCUT2D eigenvalue weighted by atomic mass is 10.4. The fourth-order valence-electron chi connectivity index (χ4n) is 0.901. The van der Waals surface area contributed by atoms with Crippen LogP contribution < -0.4 is 0 Å². The minimum atomic E-state index is -0.159. The van der Waals surface area contributed by atoms with Crippen molar-refractivity contribution in [1.29, 1.82) is 0 Å². The highest BCUT2D eigenvalue weighted by molar-refractivity contribution is 5.70. The van der Waals surface area contributed by atoms with E-state index in [1.807, 2.05) is 0 Å². The van der Waals surface area contributed by atoms with Gasteiger partial charge < -0.3 is 24.9 Å². The van der Waals surface area contributed by atoms with Gasteiger partial charge in [0.2, 0.25) is 0 Å². The minimum Gasteiger partial charge on any atom is -0.462 e. The average Bonchev–Trinajstić information content (AvgIpc) is 3.12. The van der Waals surface area contributed by atoms with Gasteiger partial charge in [0.1, 0.15) is 12.4 Å². The van der Waals surface area contributed by atoms with Crippen LogP contribution in [0.3, 0.4) is 0 Å². The first kappa shape index (κ1) is 27.1. The van der Waals surface area contributed by atoms with Crippen LogP contribution >= 0.6 is 0 Å². The molecule has 2 aromatic rings. The van der Waals surface area contributed by atoms with Gasteiger partial charge in [0, 0.05) is 0 Å². The molecule has 122 valence electrons. The van der Waals surface area contributed by atoms with E-state index in [1.54, 1.807) is 18.2 Å². The monoisotopic (exact) mass is 308 g/mol. The number of hydrogen-bond acceptors (Lipinski definition) is 5. The maximum Gasteiger partial charge on any atom is 0.185 e. The second-order valence-corrected chi connectivity index (χ2v) is 2.71. The molecule has 7 nitrogen and oxygen atoms in total. The number of aldehydes is 2. The maximum absolute atomic E-state index is 9.96. The SMILES string of the molecule is C.CF.O.O.O=Cc1ccc(CO)o1.O=Cc1ccco1. The highest BCUT2D eigenvalue weighted by atomic mass is 19.1. The van der Waals surface area contributed by atoms with E-state index in [0.717, 1.165) is 0 Å². The molecule has 5 N–H and O–H groups in total. The van der Waals surface area contributed by atoms with E-state index in [2.05, 4.69) is 4.42 Å². The van der Waals surface area contributed by atoms with Gasteiger partial charge in [-0.2, -0.15) is 0 Å². The Morgan fingerprint density at radius 2 is 1.67 bits per heavy atom. The van der Waals surface area contributed by atoms with E-state index >= 15 is 0 Å². The molecule has 2 heterocycles. The number of rotatable bonds is 3. The van der Waals surface area contributed by atoms with Crippen LogP contribution in [0.1, 0.15) is 34.3 Å². The topological polar surface area (TPSA) is 144 Å². The highest BCUT2D eigenvalue weighted by Gasteiger charge is 1.96. The van der Waals surface area contributed by atoms with Crippen LogP contribution in [-0.4, -0.2) is 35.8 Å². The van der Waals surface area contributed by atoms with Crippen LogP contribution in [0.2, 0.25) is 0 Å². The molecule has 8 heteroatoms. The molecule has 0 aliphatic heterocycles. The van der Waals surface area contributed by atoms with Crippen LogP contribution in [0.15, 0.2) is 39.4 Å². The van der Waals surface area contributed by atoms with Crippen LogP contribution in [-0.2, 0) is 6.61 Å². The molecule has 0 bridgehead atoms. The molecule has 0 atom stereocenters. The number of carbonyl (C=O) groups excluding carboxylic acids is 2. The summed E-state index contributed by atoms with van der Waals surface area (Å²) in [6, 6.07) is 6.35. The predicted octanol–water partition coefficient (Wildman–Crippen LogP) is 1.25. The van der Waals surface area contributed by atoms with Crippen molar-refractivity contribution in [2.75, 3.05) is 7.18 Å². The molecule has 0 aliphatic carbocycles. The summed E-state index contributed by atoms with van der Waals surface area (Å²) in [4.78, 5) is 19.7. The average molecular weight is 308 g/mol. The van der Waals surface area contributed by atoms with E-state index in [9.17, 15) is 14.0 Å². The third-order valence-electron chi connectivity index (χ3n) is 1.61. The molecule has 0 amide bonds. The van der Waals surface area contributed by atoms with Gasteiger partial charge in [0.05, 0.1) is 13.4 Å². The summed E-state index contributed by atoms with van der Waals surface area (Å²) in [5, 5.41) is 8.44. The third kappa shape index (κ3) is 11.3. The number of aliphatic hydroxyl groups excluding tert-OH is 1. The van der Waals surface area contributed by atoms with Gasteiger partial charge in [-0.25, -0.2) is 0 Å². The fraction of sp³-hybridized carbons (Fsp3) is 0.231. The summed E-state index contributed by atoms with van der Waals surface area (Å²) in [7, 11) is 0.500. The first-order chi connectivity index (χ1) is 8.80. The molecule has 0 unspecified atom stereocenters. The lowest BCUT2D eigenvalue weighted by Crippen LogP contribution is -1.74. The second kappa shape index (κ2) is 17.7. The van der Waals surface area contributed by atoms with Crippen LogP contribution in [0.25, 0.3) is 0 Å². The lowest BCUT2D eigenvalue weighted by Gasteiger charge is -1.82. The van der Waals surface area contributed by atoms with Crippen LogP contribution in [0.5, 0.6) is 0 Å². The molecule has 0 saturated carbocycles. The minimum absolute atomic E-state index is 0. The largest absolute Gasteiger partial charge is 0.462 e. The lowest BCUT2D eigenvalue weighted by molar-refractivity contribution is 0.109. The van der Waals surface area contributed by atoms with Gasteiger partial charge in [0.15, 0.2) is 24.1 Å². The van der Waals surface area contributed by atoms with Crippen molar-refractivity contribution in [3.8, 4) is 0 Å². The van der Waals surface area contributed by atoms with Gasteiger partial charge in [-0.1, -0.05) is 7.43 Å². The first-order valence-electron chi connectivity index (χ1n) is 4.81. The zero-order chi connectivity index (χ0) is 13.8. The van der Waals surface area contributed by atoms with Gasteiger partial charge in [0.25, 0.3) is 0 Å². The van der Waals surface area contributed by atoms with E-state index < -0.39 is 0 Å². The maximum atomic E-state index is 9.96. The quantitative estimate of drug-likeness (QED) is 0.848. The Morgan fingerprint density at radius 3 is 1.90 bits per heavy atom. The molecule has 0 spiro atoms. The first-order valence-corrected chi connectivity index (χ1v) is 4.81. The zero-order valence-electron chi connectivity index (χ0n) is 10.7. The molecule has 0 radical (unpaired) electrons. The van der Waals surface area contributed by atoms with E-state index in [0.29, 0.717) is 31.3 Å². The molecule has 21 heavy (non-hydrogen) atoms. The fourth-order valence-corrected chi connectivity index (χ4v) is 0.901. The molecule has 2 rings (SSSR count). The van der Waals surface area contributed by atoms with Crippen molar-refractivity contribution in [2.45, 2.75) is 14.0 Å². The summed E-state index contributed by atoms with van der Waals surface area (Å²) in [6.45, 7) is -0.159. The Bertz CT molecular complexity index is 437. The number of carbonyl (C=O) groups is 2. The van der Waals surface area contributed by atoms with Gasteiger partial charge in [-0.3, -0.25) is 14.0 Å². The van der Waals surface area contributed by atoms with E-state index in [-0.39, 0.29) is 30.7 Å². The summed E-state index contributed by atoms with van der Waals surface area (Å²) in [5.41, 5.74) is 0. The van der Waals surface area contributed by atoms with Crippen molar-refractivity contribution in [3.63, 3.8) is 0 Å². The van der Waals surface area contributed by atoms with Crippen molar-refractivity contribution in [2.24, 2.45) is 0 Å². The Kier molecular flexibility index (Phi) is 22.9. The Morgan fingerprint density at radius 1 is 1.10 bits per heavy atom. The number of furan rings is 2. The smallest absolute Gasteiger partial charge is 0.185 e. The van der Waals surface area contributed by atoms with Gasteiger partial charge in [-0.05, 0) is 24.3 Å².